The summed E-state index contributed by atoms with van der Waals surface area (Å²) in [7, 11) is 3.68. The smallest absolute Gasteiger partial charge is 0.254 e. The number of hydrogen-bond donors (Lipinski definition) is 3. The highest BCUT2D eigenvalue weighted by Crippen LogP contribution is 2.44. The van der Waals surface area contributed by atoms with E-state index in [0.29, 0.717) is 23.4 Å². The van der Waals surface area contributed by atoms with E-state index >= 15 is 0 Å². The SMILES string of the molecule is CNC(=O)c1cc(C(=O)NCCCN2CCN(C)CC2)cc2c1O[C@H](CO)[C@H]2c1ccccc1. The molecule has 2 aliphatic heterocycles. The van der Waals surface area contributed by atoms with Gasteiger partial charge in [0.05, 0.1) is 18.1 Å². The van der Waals surface area contributed by atoms with Gasteiger partial charge >= 0.3 is 0 Å². The van der Waals surface area contributed by atoms with Crippen LogP contribution in [0.2, 0.25) is 0 Å². The van der Waals surface area contributed by atoms with Crippen molar-refractivity contribution in [1.82, 2.24) is 20.4 Å². The van der Waals surface area contributed by atoms with Crippen molar-refractivity contribution in [3.8, 4) is 5.75 Å². The zero-order valence-corrected chi connectivity index (χ0v) is 19.9. The number of likely N-dealkylation sites (N-methyl/N-ethyl adjacent to an activating group) is 1. The number of carbonyl (C=O) groups excluding carboxylic acids is 2. The van der Waals surface area contributed by atoms with Gasteiger partial charge in [0.1, 0.15) is 11.9 Å². The van der Waals surface area contributed by atoms with Crippen molar-refractivity contribution in [2.45, 2.75) is 18.4 Å². The number of amides is 2. The lowest BCUT2D eigenvalue weighted by Crippen LogP contribution is -2.45. The Balaban J connectivity index is 1.52. The maximum absolute atomic E-state index is 13.0. The molecule has 2 atom stereocenters. The van der Waals surface area contributed by atoms with Gasteiger partial charge < -0.3 is 30.3 Å². The minimum absolute atomic E-state index is 0.199. The second-order valence-corrected chi connectivity index (χ2v) is 9.00. The lowest BCUT2D eigenvalue weighted by molar-refractivity contribution is 0.0947. The van der Waals surface area contributed by atoms with Crippen LogP contribution in [0.1, 0.15) is 44.2 Å². The van der Waals surface area contributed by atoms with Gasteiger partial charge in [0.2, 0.25) is 0 Å². The molecular formula is C26H34N4O4. The van der Waals surface area contributed by atoms with Gasteiger partial charge in [0, 0.05) is 50.9 Å². The van der Waals surface area contributed by atoms with Crippen LogP contribution in [0, 0.1) is 0 Å². The van der Waals surface area contributed by atoms with Crippen LogP contribution in [0.25, 0.3) is 0 Å². The summed E-state index contributed by atoms with van der Waals surface area (Å²) in [5.74, 6) is -0.384. The van der Waals surface area contributed by atoms with E-state index in [0.717, 1.165) is 50.3 Å². The van der Waals surface area contributed by atoms with Gasteiger partial charge in [-0.05, 0) is 37.7 Å². The number of nitrogens with zero attached hydrogens (tertiary/aromatic N) is 2. The summed E-state index contributed by atoms with van der Waals surface area (Å²) in [4.78, 5) is 30.4. The number of benzene rings is 2. The van der Waals surface area contributed by atoms with Gasteiger partial charge in [-0.25, -0.2) is 0 Å². The van der Waals surface area contributed by atoms with E-state index in [1.165, 1.54) is 0 Å². The molecule has 8 nitrogen and oxygen atoms in total. The van der Waals surface area contributed by atoms with Gasteiger partial charge in [-0.3, -0.25) is 9.59 Å². The first kappa shape index (κ1) is 24.2. The van der Waals surface area contributed by atoms with Crippen molar-refractivity contribution < 1.29 is 19.4 Å². The van der Waals surface area contributed by atoms with E-state index < -0.39 is 6.10 Å². The second-order valence-electron chi connectivity index (χ2n) is 9.00. The van der Waals surface area contributed by atoms with Crippen molar-refractivity contribution in [2.75, 3.05) is 60.0 Å². The topological polar surface area (TPSA) is 94.1 Å². The van der Waals surface area contributed by atoms with Crippen molar-refractivity contribution in [2.24, 2.45) is 0 Å². The predicted molar refractivity (Wildman–Crippen MR) is 131 cm³/mol. The summed E-state index contributed by atoms with van der Waals surface area (Å²) in [5, 5.41) is 15.6. The average Bonchev–Trinajstić information content (AvgIpc) is 3.25. The number of aliphatic hydroxyl groups excluding tert-OH is 1. The van der Waals surface area contributed by atoms with Crippen molar-refractivity contribution in [3.63, 3.8) is 0 Å². The largest absolute Gasteiger partial charge is 0.486 e. The zero-order valence-electron chi connectivity index (χ0n) is 19.9. The van der Waals surface area contributed by atoms with E-state index in [4.69, 9.17) is 4.74 Å². The third-order valence-electron chi connectivity index (χ3n) is 6.70. The Morgan fingerprint density at radius 3 is 2.50 bits per heavy atom. The lowest BCUT2D eigenvalue weighted by Gasteiger charge is -2.32. The number of nitrogens with one attached hydrogen (secondary N) is 2. The molecule has 4 rings (SSSR count). The number of aliphatic hydroxyl groups is 1. The van der Waals surface area contributed by atoms with Crippen LogP contribution in [0.3, 0.4) is 0 Å². The van der Waals surface area contributed by atoms with Crippen LogP contribution in [0.5, 0.6) is 5.75 Å². The molecule has 2 aromatic carbocycles. The third-order valence-corrected chi connectivity index (χ3v) is 6.70. The predicted octanol–water partition coefficient (Wildman–Crippen LogP) is 1.30. The average molecular weight is 467 g/mol. The zero-order chi connectivity index (χ0) is 24.1. The normalized spacial score (nSPS) is 20.4. The minimum atomic E-state index is -0.525. The molecule has 34 heavy (non-hydrogen) atoms. The minimum Gasteiger partial charge on any atom is -0.486 e. The van der Waals surface area contributed by atoms with Crippen molar-refractivity contribution >= 4 is 11.8 Å². The summed E-state index contributed by atoms with van der Waals surface area (Å²) in [6, 6.07) is 13.1. The number of piperazine rings is 1. The van der Waals surface area contributed by atoms with E-state index in [-0.39, 0.29) is 24.3 Å². The third kappa shape index (κ3) is 5.24. The highest BCUT2D eigenvalue weighted by atomic mass is 16.5. The molecule has 0 saturated carbocycles. The summed E-state index contributed by atoms with van der Waals surface area (Å²) in [6.45, 7) is 5.57. The van der Waals surface area contributed by atoms with Gasteiger partial charge in [-0.2, -0.15) is 0 Å². The Bertz CT molecular complexity index is 1010. The Morgan fingerprint density at radius 2 is 1.82 bits per heavy atom. The summed E-state index contributed by atoms with van der Waals surface area (Å²) < 4.78 is 6.03. The summed E-state index contributed by atoms with van der Waals surface area (Å²) in [5.41, 5.74) is 2.43. The fourth-order valence-electron chi connectivity index (χ4n) is 4.74. The van der Waals surface area contributed by atoms with Gasteiger partial charge in [0.15, 0.2) is 0 Å². The molecule has 8 heteroatoms. The molecule has 1 saturated heterocycles. The molecule has 0 aliphatic carbocycles. The van der Waals surface area contributed by atoms with E-state index in [2.05, 4.69) is 27.5 Å². The first-order valence-corrected chi connectivity index (χ1v) is 11.9. The monoisotopic (exact) mass is 466 g/mol. The Hall–Kier alpha value is -2.94. The number of carbonyl (C=O) groups is 2. The fraction of sp³-hybridized carbons (Fsp3) is 0.462. The number of hydrogen-bond acceptors (Lipinski definition) is 6. The number of fused-ring (bicyclic) bond motifs is 1. The van der Waals surface area contributed by atoms with Crippen LogP contribution < -0.4 is 15.4 Å². The standard InChI is InChI=1S/C26H34N4O4/c1-27-26(33)21-16-19(25(32)28-9-6-10-30-13-11-29(2)12-14-30)15-20-23(18-7-4-3-5-8-18)22(17-31)34-24(20)21/h3-5,7-8,15-16,22-23,31H,6,9-14,17H2,1-2H3,(H,27,33)(H,28,32)/t22-,23+/m1/s1. The summed E-state index contributed by atoms with van der Waals surface area (Å²) in [6.07, 6.45) is 0.341. The van der Waals surface area contributed by atoms with Crippen molar-refractivity contribution in [1.29, 1.82) is 0 Å². The van der Waals surface area contributed by atoms with Gasteiger partial charge in [0.25, 0.3) is 11.8 Å². The maximum Gasteiger partial charge on any atom is 0.254 e. The van der Waals surface area contributed by atoms with Gasteiger partial charge in [-0.15, -0.1) is 0 Å². The second kappa shape index (κ2) is 11.0. The highest BCUT2D eigenvalue weighted by molar-refractivity contribution is 6.02. The van der Waals surface area contributed by atoms with E-state index in [1.807, 2.05) is 30.3 Å². The molecule has 2 aromatic rings. The molecule has 0 bridgehead atoms. The molecule has 3 N–H and O–H groups in total. The molecule has 2 heterocycles. The molecule has 182 valence electrons. The molecule has 0 spiro atoms. The molecular weight excluding hydrogens is 432 g/mol. The van der Waals surface area contributed by atoms with Crippen LogP contribution in [0.4, 0.5) is 0 Å². The fourth-order valence-corrected chi connectivity index (χ4v) is 4.74. The first-order valence-electron chi connectivity index (χ1n) is 11.9. The quantitative estimate of drug-likeness (QED) is 0.508. The van der Waals surface area contributed by atoms with Gasteiger partial charge in [-0.1, -0.05) is 30.3 Å². The Labute approximate surface area is 200 Å². The maximum atomic E-state index is 13.0. The molecule has 0 unspecified atom stereocenters. The first-order chi connectivity index (χ1) is 16.5. The van der Waals surface area contributed by atoms with E-state index in [9.17, 15) is 14.7 Å². The molecule has 0 radical (unpaired) electrons. The Morgan fingerprint density at radius 1 is 1.09 bits per heavy atom. The van der Waals surface area contributed by atoms with Crippen LogP contribution >= 0.6 is 0 Å². The molecule has 2 amide bonds. The number of rotatable bonds is 8. The Kier molecular flexibility index (Phi) is 7.82. The highest BCUT2D eigenvalue weighted by Gasteiger charge is 2.38. The van der Waals surface area contributed by atoms with Crippen LogP contribution in [0.15, 0.2) is 42.5 Å². The molecule has 2 aliphatic rings. The van der Waals surface area contributed by atoms with Crippen LogP contribution in [-0.2, 0) is 0 Å². The summed E-state index contributed by atoms with van der Waals surface area (Å²) >= 11 is 0. The number of ether oxygens (including phenoxy) is 1. The van der Waals surface area contributed by atoms with E-state index in [1.54, 1.807) is 19.2 Å². The van der Waals surface area contributed by atoms with Crippen LogP contribution in [-0.4, -0.2) is 92.8 Å². The molecule has 0 aromatic heterocycles. The lowest BCUT2D eigenvalue weighted by atomic mass is 9.86. The van der Waals surface area contributed by atoms with Crippen molar-refractivity contribution in [3.05, 3.63) is 64.7 Å². The molecule has 1 fully saturated rings.